The summed E-state index contributed by atoms with van der Waals surface area (Å²) in [5.41, 5.74) is 4.11. The van der Waals surface area contributed by atoms with Gasteiger partial charge in [-0.2, -0.15) is 4.98 Å². The molecule has 0 unspecified atom stereocenters. The molecule has 0 saturated heterocycles. The Balaban J connectivity index is 1.49. The average Bonchev–Trinajstić information content (AvgIpc) is 3.20. The quantitative estimate of drug-likeness (QED) is 0.507. The lowest BCUT2D eigenvalue weighted by Crippen LogP contribution is -2.21. The van der Waals surface area contributed by atoms with Gasteiger partial charge in [-0.1, -0.05) is 12.1 Å². The van der Waals surface area contributed by atoms with Crippen LogP contribution in [0.4, 0.5) is 17.3 Å². The molecule has 4 rings (SSSR count). The summed E-state index contributed by atoms with van der Waals surface area (Å²) in [7, 11) is 3.25. The first-order valence-corrected chi connectivity index (χ1v) is 10.6. The maximum absolute atomic E-state index is 11.3. The van der Waals surface area contributed by atoms with Gasteiger partial charge in [0.2, 0.25) is 11.9 Å². The SMILES string of the molecule is COCCN1Cc2ccc(Nc3ncc(OC)c(Oc4cccc(NC(C)=O)c4)n3)cc2C1. The summed E-state index contributed by atoms with van der Waals surface area (Å²) in [4.78, 5) is 22.5. The lowest BCUT2D eigenvalue weighted by Gasteiger charge is -2.13. The average molecular weight is 450 g/mol. The molecule has 1 aromatic heterocycles. The zero-order valence-corrected chi connectivity index (χ0v) is 18.9. The van der Waals surface area contributed by atoms with E-state index in [-0.39, 0.29) is 11.8 Å². The Morgan fingerprint density at radius 1 is 1.09 bits per heavy atom. The number of hydrogen-bond acceptors (Lipinski definition) is 8. The van der Waals surface area contributed by atoms with E-state index in [1.165, 1.54) is 25.2 Å². The fraction of sp³-hybridized carbons (Fsp3) is 0.292. The highest BCUT2D eigenvalue weighted by molar-refractivity contribution is 5.88. The molecule has 0 saturated carbocycles. The summed E-state index contributed by atoms with van der Waals surface area (Å²) in [6.07, 6.45) is 1.56. The molecule has 2 heterocycles. The second-order valence-electron chi connectivity index (χ2n) is 7.69. The smallest absolute Gasteiger partial charge is 0.267 e. The fourth-order valence-electron chi connectivity index (χ4n) is 3.63. The van der Waals surface area contributed by atoms with Crippen molar-refractivity contribution >= 4 is 23.2 Å². The monoisotopic (exact) mass is 449 g/mol. The number of amides is 1. The number of methoxy groups -OCH3 is 2. The molecule has 2 aromatic carbocycles. The van der Waals surface area contributed by atoms with Gasteiger partial charge in [-0.05, 0) is 35.4 Å². The summed E-state index contributed by atoms with van der Waals surface area (Å²) in [6.45, 7) is 4.88. The van der Waals surface area contributed by atoms with E-state index in [2.05, 4.69) is 37.6 Å². The number of benzene rings is 2. The van der Waals surface area contributed by atoms with Gasteiger partial charge in [-0.15, -0.1) is 0 Å². The van der Waals surface area contributed by atoms with E-state index in [0.717, 1.165) is 31.9 Å². The van der Waals surface area contributed by atoms with E-state index in [0.29, 0.717) is 23.1 Å². The van der Waals surface area contributed by atoms with Crippen LogP contribution < -0.4 is 20.1 Å². The summed E-state index contributed by atoms with van der Waals surface area (Å²) in [6, 6.07) is 13.3. The minimum absolute atomic E-state index is 0.158. The first-order valence-electron chi connectivity index (χ1n) is 10.6. The van der Waals surface area contributed by atoms with Crippen molar-refractivity contribution in [1.29, 1.82) is 0 Å². The molecule has 9 heteroatoms. The molecule has 9 nitrogen and oxygen atoms in total. The third-order valence-corrected chi connectivity index (χ3v) is 5.17. The van der Waals surface area contributed by atoms with Crippen LogP contribution in [0.3, 0.4) is 0 Å². The van der Waals surface area contributed by atoms with Crippen LogP contribution in [0.1, 0.15) is 18.1 Å². The van der Waals surface area contributed by atoms with Crippen LogP contribution in [0.25, 0.3) is 0 Å². The van der Waals surface area contributed by atoms with Crippen LogP contribution in [0, 0.1) is 0 Å². The van der Waals surface area contributed by atoms with Crippen molar-refractivity contribution in [3.8, 4) is 17.4 Å². The number of ether oxygens (including phenoxy) is 3. The van der Waals surface area contributed by atoms with Crippen LogP contribution in [-0.2, 0) is 22.6 Å². The fourth-order valence-corrected chi connectivity index (χ4v) is 3.63. The Bertz CT molecular complexity index is 1140. The van der Waals surface area contributed by atoms with Crippen LogP contribution in [0.2, 0.25) is 0 Å². The van der Waals surface area contributed by atoms with Crippen molar-refractivity contribution in [1.82, 2.24) is 14.9 Å². The number of fused-ring (bicyclic) bond motifs is 1. The summed E-state index contributed by atoms with van der Waals surface area (Å²) < 4.78 is 16.5. The van der Waals surface area contributed by atoms with Gasteiger partial charge in [0.05, 0.1) is 19.9 Å². The number of hydrogen-bond donors (Lipinski definition) is 2. The lowest BCUT2D eigenvalue weighted by atomic mass is 10.1. The molecular weight excluding hydrogens is 422 g/mol. The largest absolute Gasteiger partial charge is 0.490 e. The van der Waals surface area contributed by atoms with E-state index in [1.54, 1.807) is 37.6 Å². The third kappa shape index (κ3) is 5.76. The molecular formula is C24H27N5O4. The molecule has 0 fully saturated rings. The van der Waals surface area contributed by atoms with Crippen molar-refractivity contribution in [2.45, 2.75) is 20.0 Å². The predicted molar refractivity (Wildman–Crippen MR) is 125 cm³/mol. The van der Waals surface area contributed by atoms with E-state index in [4.69, 9.17) is 14.2 Å². The molecule has 0 bridgehead atoms. The number of nitrogens with one attached hydrogen (secondary N) is 2. The molecule has 1 aliphatic heterocycles. The van der Waals surface area contributed by atoms with Gasteiger partial charge in [0.25, 0.3) is 5.88 Å². The normalized spacial score (nSPS) is 12.8. The molecule has 33 heavy (non-hydrogen) atoms. The molecule has 3 aromatic rings. The zero-order chi connectivity index (χ0) is 23.2. The number of nitrogens with zero attached hydrogens (tertiary/aromatic N) is 3. The Kier molecular flexibility index (Phi) is 7.01. The molecule has 2 N–H and O–H groups in total. The Morgan fingerprint density at radius 2 is 1.94 bits per heavy atom. The Labute approximate surface area is 192 Å². The zero-order valence-electron chi connectivity index (χ0n) is 18.9. The lowest BCUT2D eigenvalue weighted by molar-refractivity contribution is -0.114. The standard InChI is InChI=1S/C24H27N5O4/c1-16(30)26-19-5-4-6-21(12-19)33-23-22(32-3)13-25-24(28-23)27-20-8-7-17-14-29(9-10-31-2)15-18(17)11-20/h4-8,11-13H,9-10,14-15H2,1-3H3,(H,26,30)(H,25,27,28). The van der Waals surface area contributed by atoms with Gasteiger partial charge in [-0.25, -0.2) is 4.98 Å². The van der Waals surface area contributed by atoms with Gasteiger partial charge < -0.3 is 24.8 Å². The number of carbonyl (C=O) groups is 1. The van der Waals surface area contributed by atoms with E-state index in [1.807, 2.05) is 6.07 Å². The predicted octanol–water partition coefficient (Wildman–Crippen LogP) is 3.94. The molecule has 0 radical (unpaired) electrons. The highest BCUT2D eigenvalue weighted by atomic mass is 16.5. The Hall–Kier alpha value is -3.69. The molecule has 0 aliphatic carbocycles. The third-order valence-electron chi connectivity index (χ3n) is 5.17. The van der Waals surface area contributed by atoms with Crippen molar-refractivity contribution in [2.75, 3.05) is 38.0 Å². The molecule has 0 spiro atoms. The van der Waals surface area contributed by atoms with Gasteiger partial charge >= 0.3 is 0 Å². The van der Waals surface area contributed by atoms with E-state index < -0.39 is 0 Å². The number of aromatic nitrogens is 2. The molecule has 1 aliphatic rings. The van der Waals surface area contributed by atoms with Gasteiger partial charge in [0, 0.05) is 51.1 Å². The topological polar surface area (TPSA) is 97.8 Å². The van der Waals surface area contributed by atoms with Gasteiger partial charge in [0.15, 0.2) is 5.75 Å². The van der Waals surface area contributed by atoms with Gasteiger partial charge in [-0.3, -0.25) is 9.69 Å². The minimum atomic E-state index is -0.158. The second kappa shape index (κ2) is 10.3. The maximum atomic E-state index is 11.3. The minimum Gasteiger partial charge on any atom is -0.490 e. The van der Waals surface area contributed by atoms with E-state index >= 15 is 0 Å². The highest BCUT2D eigenvalue weighted by Crippen LogP contribution is 2.32. The highest BCUT2D eigenvalue weighted by Gasteiger charge is 2.19. The number of anilines is 3. The van der Waals surface area contributed by atoms with Crippen LogP contribution >= 0.6 is 0 Å². The van der Waals surface area contributed by atoms with Crippen molar-refractivity contribution in [3.05, 3.63) is 59.8 Å². The van der Waals surface area contributed by atoms with Crippen LogP contribution in [0.15, 0.2) is 48.7 Å². The first kappa shape index (κ1) is 22.5. The van der Waals surface area contributed by atoms with Crippen LogP contribution in [-0.4, -0.2) is 48.1 Å². The van der Waals surface area contributed by atoms with Crippen LogP contribution in [0.5, 0.6) is 17.4 Å². The molecule has 0 atom stereocenters. The van der Waals surface area contributed by atoms with Crippen molar-refractivity contribution in [2.24, 2.45) is 0 Å². The number of rotatable bonds is 9. The summed E-state index contributed by atoms with van der Waals surface area (Å²) in [5, 5.41) is 5.98. The summed E-state index contributed by atoms with van der Waals surface area (Å²) >= 11 is 0. The Morgan fingerprint density at radius 3 is 2.73 bits per heavy atom. The number of carbonyl (C=O) groups excluding carboxylic acids is 1. The molecule has 1 amide bonds. The van der Waals surface area contributed by atoms with Crippen molar-refractivity contribution < 1.29 is 19.0 Å². The second-order valence-corrected chi connectivity index (χ2v) is 7.69. The van der Waals surface area contributed by atoms with Gasteiger partial charge in [0.1, 0.15) is 5.75 Å². The van der Waals surface area contributed by atoms with Crippen molar-refractivity contribution in [3.63, 3.8) is 0 Å². The summed E-state index contributed by atoms with van der Waals surface area (Å²) in [5.74, 6) is 1.40. The van der Waals surface area contributed by atoms with E-state index in [9.17, 15) is 4.79 Å². The maximum Gasteiger partial charge on any atom is 0.267 e. The molecule has 172 valence electrons. The first-order chi connectivity index (χ1) is 16.0.